The molecule has 0 N–H and O–H groups in total. The smallest absolute Gasteiger partial charge is 0.0885 e. The summed E-state index contributed by atoms with van der Waals surface area (Å²) in [7, 11) is -0.977. The lowest BCUT2D eigenvalue weighted by Gasteiger charge is -2.38. The van der Waals surface area contributed by atoms with Gasteiger partial charge in [-0.25, -0.2) is 0 Å². The largest absolute Gasteiger partial charge is 0.262 e. The fourth-order valence-electron chi connectivity index (χ4n) is 0. The van der Waals surface area contributed by atoms with Crippen molar-refractivity contribution in [3.8, 4) is 0 Å². The average molecular weight is 150 g/mol. The second-order valence-corrected chi connectivity index (χ2v) is 19.2. The van der Waals surface area contributed by atoms with Crippen molar-refractivity contribution in [1.82, 2.24) is 0 Å². The fraction of sp³-hybridized carbons (Fsp3) is 1.00. The second-order valence-electron chi connectivity index (χ2n) is 3.95. The molecular weight excluding hydrogens is 132 g/mol. The monoisotopic (exact) mass is 150 g/mol. The maximum atomic E-state index is 2.45. The van der Waals surface area contributed by atoms with E-state index in [1.54, 1.807) is 0 Å². The molecule has 2 heteroatoms. The normalized spacial score (nSPS) is 16.2. The molecule has 52 valence electrons. The minimum Gasteiger partial charge on any atom is -0.262 e. The van der Waals surface area contributed by atoms with Crippen LogP contribution in [0, 0.1) is 0 Å². The standard InChI is InChI=1S/C6H18SSi/c1-7(2,3)8(4,5)6/h1-6H3. The van der Waals surface area contributed by atoms with E-state index in [-0.39, 0.29) is 9.48 Å². The first-order valence-corrected chi connectivity index (χ1v) is 10.0. The molecule has 0 aromatic carbocycles. The molecule has 0 aromatic rings. The van der Waals surface area contributed by atoms with Crippen LogP contribution in [0.4, 0.5) is 0 Å². The van der Waals surface area contributed by atoms with E-state index in [1.165, 1.54) is 0 Å². The zero-order valence-corrected chi connectivity index (χ0v) is 8.72. The van der Waals surface area contributed by atoms with Crippen molar-refractivity contribution in [2.45, 2.75) is 19.6 Å². The van der Waals surface area contributed by atoms with Gasteiger partial charge in [0.15, 0.2) is 0 Å². The number of hydrogen-bond donors (Lipinski definition) is 0. The fourth-order valence-corrected chi connectivity index (χ4v) is 0. The van der Waals surface area contributed by atoms with Gasteiger partial charge in [0.25, 0.3) is 0 Å². The van der Waals surface area contributed by atoms with Crippen LogP contribution in [0.15, 0.2) is 0 Å². The van der Waals surface area contributed by atoms with Crippen LogP contribution < -0.4 is 0 Å². The van der Waals surface area contributed by atoms with E-state index in [9.17, 15) is 0 Å². The zero-order chi connectivity index (χ0) is 7.00. The summed E-state index contributed by atoms with van der Waals surface area (Å²) < 4.78 is 0. The Hall–Kier alpha value is 0.567. The molecule has 0 atom stereocenters. The summed E-state index contributed by atoms with van der Waals surface area (Å²) in [5.74, 6) is 0. The van der Waals surface area contributed by atoms with Crippen LogP contribution >= 0.6 is 9.48 Å². The van der Waals surface area contributed by atoms with Gasteiger partial charge in [-0.2, -0.15) is 0 Å². The lowest BCUT2D eigenvalue weighted by Crippen LogP contribution is -2.27. The molecule has 0 saturated heterocycles. The highest BCUT2D eigenvalue weighted by Gasteiger charge is 2.24. The highest BCUT2D eigenvalue weighted by atomic mass is 32.5. The molecule has 0 unspecified atom stereocenters. The summed E-state index contributed by atoms with van der Waals surface area (Å²) in [5, 5.41) is 0. The van der Waals surface area contributed by atoms with Crippen LogP contribution in [0.1, 0.15) is 0 Å². The van der Waals surface area contributed by atoms with Gasteiger partial charge in [-0.05, 0) is 18.8 Å². The molecule has 0 aliphatic heterocycles. The van der Waals surface area contributed by atoms with E-state index in [4.69, 9.17) is 0 Å². The highest BCUT2D eigenvalue weighted by molar-refractivity contribution is 8.55. The molecule has 8 heavy (non-hydrogen) atoms. The first-order chi connectivity index (χ1) is 3.25. The topological polar surface area (TPSA) is 0 Å². The predicted molar refractivity (Wildman–Crippen MR) is 48.7 cm³/mol. The molecular formula is C6H18SSi. The summed E-state index contributed by atoms with van der Waals surface area (Å²) >= 11 is 0. The lowest BCUT2D eigenvalue weighted by atomic mass is 11.8. The van der Waals surface area contributed by atoms with E-state index in [1.807, 2.05) is 0 Å². The molecule has 0 spiro atoms. The Morgan fingerprint density at radius 3 is 1.00 bits per heavy atom. The molecule has 0 saturated carbocycles. The first kappa shape index (κ1) is 8.57. The van der Waals surface area contributed by atoms with Crippen LogP contribution in [-0.2, 0) is 0 Å². The first-order valence-electron chi connectivity index (χ1n) is 2.93. The van der Waals surface area contributed by atoms with E-state index in [2.05, 4.69) is 38.4 Å². The Morgan fingerprint density at radius 1 is 0.875 bits per heavy atom. The molecule has 0 amide bonds. The van der Waals surface area contributed by atoms with Gasteiger partial charge in [0, 0.05) is 0 Å². The van der Waals surface area contributed by atoms with Gasteiger partial charge in [-0.1, -0.05) is 19.6 Å². The molecule has 0 aliphatic rings. The summed E-state index contributed by atoms with van der Waals surface area (Å²) in [4.78, 5) is 0. The Bertz CT molecular complexity index is 63.5. The van der Waals surface area contributed by atoms with Crippen molar-refractivity contribution in [2.75, 3.05) is 18.8 Å². The molecule has 0 heterocycles. The van der Waals surface area contributed by atoms with Crippen molar-refractivity contribution in [3.63, 3.8) is 0 Å². The molecule has 0 bridgehead atoms. The minimum absolute atomic E-state index is 0.201. The molecule has 0 rings (SSSR count). The van der Waals surface area contributed by atoms with Crippen molar-refractivity contribution >= 4 is 16.7 Å². The van der Waals surface area contributed by atoms with Crippen LogP contribution in [0.25, 0.3) is 0 Å². The van der Waals surface area contributed by atoms with Gasteiger partial charge in [0.2, 0.25) is 0 Å². The van der Waals surface area contributed by atoms with Gasteiger partial charge in [0.05, 0.1) is 7.22 Å². The summed E-state index contributed by atoms with van der Waals surface area (Å²) in [5.41, 5.74) is 0. The van der Waals surface area contributed by atoms with Crippen molar-refractivity contribution in [3.05, 3.63) is 0 Å². The third-order valence-electron chi connectivity index (χ3n) is 1.84. The molecule has 0 nitrogen and oxygen atoms in total. The third-order valence-corrected chi connectivity index (χ3v) is 16.5. The SMILES string of the molecule is C[Si](C)(C)S(C)(C)C. The Labute approximate surface area is 55.6 Å². The highest BCUT2D eigenvalue weighted by Crippen LogP contribution is 2.45. The summed E-state index contributed by atoms with van der Waals surface area (Å²) in [6.45, 7) is 7.34. The van der Waals surface area contributed by atoms with Gasteiger partial charge in [-0.3, -0.25) is 9.48 Å². The van der Waals surface area contributed by atoms with Crippen molar-refractivity contribution in [1.29, 1.82) is 0 Å². The number of rotatable bonds is 1. The molecule has 0 radical (unpaired) electrons. The summed E-state index contributed by atoms with van der Waals surface area (Å²) in [6.07, 6.45) is 7.25. The van der Waals surface area contributed by atoms with E-state index in [0.717, 1.165) is 0 Å². The van der Waals surface area contributed by atoms with Gasteiger partial charge >= 0.3 is 0 Å². The van der Waals surface area contributed by atoms with Crippen molar-refractivity contribution < 1.29 is 0 Å². The van der Waals surface area contributed by atoms with Gasteiger partial charge in [-0.15, -0.1) is 0 Å². The van der Waals surface area contributed by atoms with Crippen LogP contribution in [-0.4, -0.2) is 26.0 Å². The van der Waals surface area contributed by atoms with Gasteiger partial charge in [0.1, 0.15) is 0 Å². The lowest BCUT2D eigenvalue weighted by molar-refractivity contribution is 1.84. The Kier molecular flexibility index (Phi) is 2.21. The van der Waals surface area contributed by atoms with Crippen molar-refractivity contribution in [2.24, 2.45) is 0 Å². The van der Waals surface area contributed by atoms with Gasteiger partial charge < -0.3 is 0 Å². The Balaban J connectivity index is 4.02. The second kappa shape index (κ2) is 2.07. The third kappa shape index (κ3) is 2.22. The average Bonchev–Trinajstić information content (AvgIpc) is 1.25. The maximum Gasteiger partial charge on any atom is 0.0885 e. The minimum atomic E-state index is -0.775. The predicted octanol–water partition coefficient (Wildman–Crippen LogP) is 2.52. The Morgan fingerprint density at radius 2 is 1.00 bits per heavy atom. The molecule has 0 fully saturated rings. The van der Waals surface area contributed by atoms with Crippen LogP contribution in [0.5, 0.6) is 0 Å². The number of hydrogen-bond acceptors (Lipinski definition) is 0. The summed E-state index contributed by atoms with van der Waals surface area (Å²) in [6, 6.07) is 0. The molecule has 0 aliphatic carbocycles. The zero-order valence-electron chi connectivity index (χ0n) is 6.91. The van der Waals surface area contributed by atoms with E-state index in [0.29, 0.717) is 0 Å². The van der Waals surface area contributed by atoms with E-state index < -0.39 is 7.22 Å². The van der Waals surface area contributed by atoms with Crippen LogP contribution in [0.2, 0.25) is 19.6 Å². The maximum absolute atomic E-state index is 2.45. The quantitative estimate of drug-likeness (QED) is 0.504. The van der Waals surface area contributed by atoms with E-state index >= 15 is 0 Å². The van der Waals surface area contributed by atoms with Crippen LogP contribution in [0.3, 0.4) is 0 Å². The molecule has 0 aromatic heterocycles.